The number of nitrogens with one attached hydrogen (secondary N) is 1. The summed E-state index contributed by atoms with van der Waals surface area (Å²) < 4.78 is 0. The van der Waals surface area contributed by atoms with Gasteiger partial charge in [-0.05, 0) is 50.1 Å². The van der Waals surface area contributed by atoms with Crippen molar-refractivity contribution in [3.05, 3.63) is 65.9 Å². The second kappa shape index (κ2) is 9.17. The van der Waals surface area contributed by atoms with Gasteiger partial charge in [0.25, 0.3) is 0 Å². The molecule has 0 bridgehead atoms. The predicted octanol–water partition coefficient (Wildman–Crippen LogP) is 4.41. The lowest BCUT2D eigenvalue weighted by atomic mass is 10.1. The zero-order valence-corrected chi connectivity index (χ0v) is 17.1. The van der Waals surface area contributed by atoms with Crippen LogP contribution in [-0.2, 0) is 6.54 Å². The van der Waals surface area contributed by atoms with Gasteiger partial charge in [0, 0.05) is 38.1 Å². The molecular formula is C22H28N6. The molecule has 1 N–H and O–H groups in total. The first kappa shape index (κ1) is 19.6. The van der Waals surface area contributed by atoms with Gasteiger partial charge in [0.2, 0.25) is 5.95 Å². The second-order valence-corrected chi connectivity index (χ2v) is 6.78. The van der Waals surface area contributed by atoms with Crippen LogP contribution in [0.2, 0.25) is 0 Å². The highest BCUT2D eigenvalue weighted by Gasteiger charge is 2.09. The predicted molar refractivity (Wildman–Crippen MR) is 116 cm³/mol. The van der Waals surface area contributed by atoms with Crippen LogP contribution in [0, 0.1) is 6.92 Å². The fourth-order valence-corrected chi connectivity index (χ4v) is 3.16. The SMILES string of the molecule is CCN(CC)c1ccc(Nc2cnnc(N(C)Cc3ccccc3)n2)c(C)c1. The van der Waals surface area contributed by atoms with Gasteiger partial charge in [-0.1, -0.05) is 30.3 Å². The van der Waals surface area contributed by atoms with Crippen molar-refractivity contribution in [1.29, 1.82) is 0 Å². The molecule has 0 saturated heterocycles. The van der Waals surface area contributed by atoms with E-state index in [4.69, 9.17) is 0 Å². The number of anilines is 4. The van der Waals surface area contributed by atoms with Crippen molar-refractivity contribution in [1.82, 2.24) is 15.2 Å². The van der Waals surface area contributed by atoms with Crippen LogP contribution in [0.5, 0.6) is 0 Å². The molecule has 1 aromatic heterocycles. The van der Waals surface area contributed by atoms with Gasteiger partial charge in [0.1, 0.15) is 0 Å². The molecule has 3 aromatic rings. The third-order valence-electron chi connectivity index (χ3n) is 4.75. The molecule has 0 aliphatic rings. The molecule has 0 amide bonds. The zero-order valence-electron chi connectivity index (χ0n) is 17.1. The molecule has 2 aromatic carbocycles. The molecule has 3 rings (SSSR count). The summed E-state index contributed by atoms with van der Waals surface area (Å²) in [7, 11) is 1.97. The maximum absolute atomic E-state index is 4.63. The summed E-state index contributed by atoms with van der Waals surface area (Å²) in [4.78, 5) is 8.95. The van der Waals surface area contributed by atoms with E-state index < -0.39 is 0 Å². The molecular weight excluding hydrogens is 348 g/mol. The number of rotatable bonds is 8. The normalized spacial score (nSPS) is 10.6. The minimum absolute atomic E-state index is 0.589. The van der Waals surface area contributed by atoms with E-state index in [2.05, 4.69) is 76.5 Å². The fraction of sp³-hybridized carbons (Fsp3) is 0.318. The highest BCUT2D eigenvalue weighted by Crippen LogP contribution is 2.25. The second-order valence-electron chi connectivity index (χ2n) is 6.78. The van der Waals surface area contributed by atoms with Crippen LogP contribution in [0.3, 0.4) is 0 Å². The molecule has 0 atom stereocenters. The van der Waals surface area contributed by atoms with E-state index in [9.17, 15) is 0 Å². The Morgan fingerprint density at radius 1 is 1.00 bits per heavy atom. The molecule has 0 saturated carbocycles. The van der Waals surface area contributed by atoms with E-state index >= 15 is 0 Å². The molecule has 28 heavy (non-hydrogen) atoms. The van der Waals surface area contributed by atoms with Crippen molar-refractivity contribution in [3.63, 3.8) is 0 Å². The first-order valence-corrected chi connectivity index (χ1v) is 9.68. The highest BCUT2D eigenvalue weighted by atomic mass is 15.3. The van der Waals surface area contributed by atoms with Crippen LogP contribution in [0.15, 0.2) is 54.7 Å². The molecule has 0 radical (unpaired) electrons. The van der Waals surface area contributed by atoms with Crippen molar-refractivity contribution < 1.29 is 0 Å². The first-order chi connectivity index (χ1) is 13.6. The van der Waals surface area contributed by atoms with Crippen LogP contribution in [-0.4, -0.2) is 35.3 Å². The Morgan fingerprint density at radius 2 is 1.75 bits per heavy atom. The molecule has 6 heteroatoms. The molecule has 0 aliphatic heterocycles. The number of aryl methyl sites for hydroxylation is 1. The van der Waals surface area contributed by atoms with Gasteiger partial charge in [-0.3, -0.25) is 0 Å². The Hall–Kier alpha value is -3.15. The first-order valence-electron chi connectivity index (χ1n) is 9.68. The maximum Gasteiger partial charge on any atom is 0.247 e. The molecule has 0 unspecified atom stereocenters. The van der Waals surface area contributed by atoms with Gasteiger partial charge in [0.05, 0.1) is 6.20 Å². The third-order valence-corrected chi connectivity index (χ3v) is 4.75. The van der Waals surface area contributed by atoms with Crippen LogP contribution >= 0.6 is 0 Å². The van der Waals surface area contributed by atoms with Crippen LogP contribution in [0.1, 0.15) is 25.0 Å². The van der Waals surface area contributed by atoms with Crippen molar-refractivity contribution in [2.75, 3.05) is 35.3 Å². The topological polar surface area (TPSA) is 57.2 Å². The molecule has 0 aliphatic carbocycles. The third kappa shape index (κ3) is 4.76. The summed E-state index contributed by atoms with van der Waals surface area (Å²) >= 11 is 0. The van der Waals surface area contributed by atoms with Gasteiger partial charge < -0.3 is 15.1 Å². The van der Waals surface area contributed by atoms with E-state index in [-0.39, 0.29) is 0 Å². The lowest BCUT2D eigenvalue weighted by Gasteiger charge is -2.22. The lowest BCUT2D eigenvalue weighted by molar-refractivity contribution is 0.831. The zero-order chi connectivity index (χ0) is 19.9. The summed E-state index contributed by atoms with van der Waals surface area (Å²) in [6.07, 6.45) is 1.65. The fourth-order valence-electron chi connectivity index (χ4n) is 3.16. The minimum atomic E-state index is 0.589. The molecule has 1 heterocycles. The average Bonchev–Trinajstić information content (AvgIpc) is 2.72. The number of hydrogen-bond acceptors (Lipinski definition) is 6. The molecule has 146 valence electrons. The Kier molecular flexibility index (Phi) is 6.42. The molecule has 0 spiro atoms. The Morgan fingerprint density at radius 3 is 2.43 bits per heavy atom. The minimum Gasteiger partial charge on any atom is -0.372 e. The summed E-state index contributed by atoms with van der Waals surface area (Å²) in [6, 6.07) is 16.7. The smallest absolute Gasteiger partial charge is 0.247 e. The Bertz CT molecular complexity index is 893. The monoisotopic (exact) mass is 376 g/mol. The van der Waals surface area contributed by atoms with Gasteiger partial charge in [-0.25, -0.2) is 0 Å². The van der Waals surface area contributed by atoms with Gasteiger partial charge in [0.15, 0.2) is 5.82 Å². The number of nitrogens with zero attached hydrogens (tertiary/aromatic N) is 5. The van der Waals surface area contributed by atoms with Gasteiger partial charge in [-0.2, -0.15) is 10.1 Å². The van der Waals surface area contributed by atoms with Gasteiger partial charge >= 0.3 is 0 Å². The molecule has 6 nitrogen and oxygen atoms in total. The number of benzene rings is 2. The highest BCUT2D eigenvalue weighted by molar-refractivity contribution is 5.65. The Balaban J connectivity index is 1.74. The largest absolute Gasteiger partial charge is 0.372 e. The number of aromatic nitrogens is 3. The van der Waals surface area contributed by atoms with Gasteiger partial charge in [-0.15, -0.1) is 5.10 Å². The maximum atomic E-state index is 4.63. The summed E-state index contributed by atoms with van der Waals surface area (Å²) in [5.74, 6) is 1.27. The van der Waals surface area contributed by atoms with Crippen LogP contribution in [0.4, 0.5) is 23.1 Å². The average molecular weight is 377 g/mol. The van der Waals surface area contributed by atoms with Crippen LogP contribution < -0.4 is 15.1 Å². The van der Waals surface area contributed by atoms with Crippen molar-refractivity contribution in [2.24, 2.45) is 0 Å². The van der Waals surface area contributed by atoms with Crippen molar-refractivity contribution in [2.45, 2.75) is 27.3 Å². The van der Waals surface area contributed by atoms with E-state index in [0.29, 0.717) is 11.8 Å². The van der Waals surface area contributed by atoms with E-state index in [1.54, 1.807) is 6.20 Å². The Labute approximate surface area is 167 Å². The summed E-state index contributed by atoms with van der Waals surface area (Å²) in [6.45, 7) is 9.16. The molecule has 0 fully saturated rings. The summed E-state index contributed by atoms with van der Waals surface area (Å²) in [5.41, 5.74) is 4.63. The van der Waals surface area contributed by atoms with Crippen LogP contribution in [0.25, 0.3) is 0 Å². The lowest BCUT2D eigenvalue weighted by Crippen LogP contribution is -2.21. The van der Waals surface area contributed by atoms with Crippen molar-refractivity contribution in [3.8, 4) is 0 Å². The standard InChI is InChI=1S/C22H28N6/c1-5-28(6-2)19-12-13-20(17(3)14-19)24-21-15-23-26-22(25-21)27(4)16-18-10-8-7-9-11-18/h7-15H,5-6,16H2,1-4H3,(H,24,25,26). The van der Waals surface area contributed by atoms with E-state index in [1.165, 1.54) is 16.8 Å². The van der Waals surface area contributed by atoms with Crippen molar-refractivity contribution >= 4 is 23.1 Å². The van der Waals surface area contributed by atoms with E-state index in [0.717, 1.165) is 25.3 Å². The summed E-state index contributed by atoms with van der Waals surface area (Å²) in [5, 5.41) is 11.7. The number of hydrogen-bond donors (Lipinski definition) is 1. The quantitative estimate of drug-likeness (QED) is 0.629. The van der Waals surface area contributed by atoms with E-state index in [1.807, 2.05) is 30.1 Å².